The number of hydrogen-bond donors (Lipinski definition) is 2. The Morgan fingerprint density at radius 3 is 2.64 bits per heavy atom. The van der Waals surface area contributed by atoms with Gasteiger partial charge in [-0.05, 0) is 25.8 Å². The van der Waals surface area contributed by atoms with Crippen LogP contribution >= 0.6 is 0 Å². The molecule has 0 bridgehead atoms. The topological polar surface area (TPSA) is 75.4 Å². The molecule has 118 valence electrons. The molecule has 1 amide bonds. The number of carbonyl (C=O) groups excluding carboxylic acids is 1. The zero-order valence-electron chi connectivity index (χ0n) is 13.0. The fourth-order valence-corrected chi connectivity index (χ4v) is 2.48. The van der Waals surface area contributed by atoms with Crippen molar-refractivity contribution in [3.63, 3.8) is 0 Å². The predicted molar refractivity (Wildman–Crippen MR) is 83.6 cm³/mol. The van der Waals surface area contributed by atoms with Gasteiger partial charge in [0, 0.05) is 24.6 Å². The lowest BCUT2D eigenvalue weighted by atomic mass is 9.96. The molecule has 1 heterocycles. The lowest BCUT2D eigenvalue weighted by molar-refractivity contribution is -0.120. The Labute approximate surface area is 130 Å². The molecule has 5 nitrogen and oxygen atoms in total. The molecule has 0 aliphatic heterocycles. The number of aliphatic hydroxyl groups excluding tert-OH is 1. The normalized spacial score (nSPS) is 12.1. The molecule has 0 aliphatic rings. The number of hydrogen-bond acceptors (Lipinski definition) is 4. The molecule has 0 spiro atoms. The van der Waals surface area contributed by atoms with Crippen LogP contribution in [0.5, 0.6) is 0 Å². The van der Waals surface area contributed by atoms with Crippen molar-refractivity contribution in [3.8, 4) is 0 Å². The summed E-state index contributed by atoms with van der Waals surface area (Å²) in [5.74, 6) is 0.732. The van der Waals surface area contributed by atoms with Gasteiger partial charge in [0.15, 0.2) is 0 Å². The Kier molecular flexibility index (Phi) is 5.72. The number of carbonyl (C=O) groups is 1. The second-order valence-corrected chi connectivity index (χ2v) is 5.40. The number of amides is 1. The molecule has 2 aromatic rings. The maximum Gasteiger partial charge on any atom is 0.224 e. The minimum atomic E-state index is -0.0618. The van der Waals surface area contributed by atoms with Gasteiger partial charge in [0.05, 0.1) is 12.1 Å². The summed E-state index contributed by atoms with van der Waals surface area (Å²) in [7, 11) is 0. The Bertz CT molecular complexity index is 588. The number of aliphatic hydroxyl groups is 1. The van der Waals surface area contributed by atoms with Crippen LogP contribution in [0.15, 0.2) is 34.9 Å². The van der Waals surface area contributed by atoms with E-state index in [1.807, 2.05) is 37.3 Å². The van der Waals surface area contributed by atoms with Crippen molar-refractivity contribution in [3.05, 3.63) is 52.9 Å². The van der Waals surface area contributed by atoms with E-state index in [1.165, 1.54) is 0 Å². The number of rotatable bonds is 7. The van der Waals surface area contributed by atoms with E-state index >= 15 is 0 Å². The molecule has 1 unspecified atom stereocenters. The summed E-state index contributed by atoms with van der Waals surface area (Å²) in [4.78, 5) is 12.1. The molecular weight excluding hydrogens is 280 g/mol. The van der Waals surface area contributed by atoms with Gasteiger partial charge in [-0.25, -0.2) is 0 Å². The number of nitrogens with one attached hydrogen (secondary N) is 1. The maximum atomic E-state index is 12.1. The average molecular weight is 302 g/mol. The Hall–Kier alpha value is -2.14. The second-order valence-electron chi connectivity index (χ2n) is 5.40. The number of benzene rings is 1. The van der Waals surface area contributed by atoms with Gasteiger partial charge in [0.1, 0.15) is 5.76 Å². The lowest BCUT2D eigenvalue weighted by Gasteiger charge is -2.17. The molecule has 0 radical (unpaired) electrons. The van der Waals surface area contributed by atoms with Gasteiger partial charge >= 0.3 is 0 Å². The molecule has 0 fully saturated rings. The highest BCUT2D eigenvalue weighted by Gasteiger charge is 2.16. The van der Waals surface area contributed by atoms with Crippen molar-refractivity contribution >= 4 is 5.91 Å². The zero-order chi connectivity index (χ0) is 15.9. The minimum Gasteiger partial charge on any atom is -0.396 e. The molecular formula is C17H22N2O3. The van der Waals surface area contributed by atoms with Gasteiger partial charge < -0.3 is 14.9 Å². The van der Waals surface area contributed by atoms with Crippen molar-refractivity contribution in [2.24, 2.45) is 0 Å². The van der Waals surface area contributed by atoms with E-state index in [2.05, 4.69) is 10.5 Å². The van der Waals surface area contributed by atoms with E-state index in [4.69, 9.17) is 4.52 Å². The van der Waals surface area contributed by atoms with Crippen LogP contribution in [0, 0.1) is 13.8 Å². The first-order valence-electron chi connectivity index (χ1n) is 7.46. The lowest BCUT2D eigenvalue weighted by Crippen LogP contribution is -2.30. The van der Waals surface area contributed by atoms with Crippen LogP contribution in [-0.4, -0.2) is 29.3 Å². The second kappa shape index (κ2) is 7.75. The molecule has 5 heteroatoms. The Morgan fingerprint density at radius 2 is 2.05 bits per heavy atom. The summed E-state index contributed by atoms with van der Waals surface area (Å²) < 4.78 is 5.07. The first-order valence-corrected chi connectivity index (χ1v) is 7.46. The molecule has 22 heavy (non-hydrogen) atoms. The van der Waals surface area contributed by atoms with Gasteiger partial charge in [0.25, 0.3) is 0 Å². The van der Waals surface area contributed by atoms with Crippen molar-refractivity contribution in [1.29, 1.82) is 0 Å². The molecule has 1 aromatic carbocycles. The monoisotopic (exact) mass is 302 g/mol. The Balaban J connectivity index is 1.93. The summed E-state index contributed by atoms with van der Waals surface area (Å²) in [5, 5.41) is 16.0. The van der Waals surface area contributed by atoms with Gasteiger partial charge in [0.2, 0.25) is 5.91 Å². The average Bonchev–Trinajstić information content (AvgIpc) is 2.84. The minimum absolute atomic E-state index is 0.0618. The summed E-state index contributed by atoms with van der Waals surface area (Å²) in [6.07, 6.45) is 0.886. The highest BCUT2D eigenvalue weighted by molar-refractivity contribution is 5.79. The highest BCUT2D eigenvalue weighted by atomic mass is 16.5. The van der Waals surface area contributed by atoms with E-state index in [0.29, 0.717) is 18.7 Å². The zero-order valence-corrected chi connectivity index (χ0v) is 13.0. The van der Waals surface area contributed by atoms with E-state index in [0.717, 1.165) is 16.8 Å². The fraction of sp³-hybridized carbons (Fsp3) is 0.412. The number of nitrogens with zero attached hydrogens (tertiary/aromatic N) is 1. The maximum absolute atomic E-state index is 12.1. The third kappa shape index (κ3) is 4.18. The molecule has 0 aliphatic carbocycles. The largest absolute Gasteiger partial charge is 0.396 e. The molecule has 1 aromatic heterocycles. The van der Waals surface area contributed by atoms with Crippen LogP contribution in [-0.2, 0) is 11.2 Å². The Morgan fingerprint density at radius 1 is 1.32 bits per heavy atom. The van der Waals surface area contributed by atoms with Crippen LogP contribution in [0.1, 0.15) is 34.9 Å². The molecule has 2 N–H and O–H groups in total. The van der Waals surface area contributed by atoms with Crippen molar-refractivity contribution in [2.75, 3.05) is 13.2 Å². The molecule has 1 atom stereocenters. The first-order chi connectivity index (χ1) is 10.6. The summed E-state index contributed by atoms with van der Waals surface area (Å²) in [6.45, 7) is 4.24. The predicted octanol–water partition coefficient (Wildman–Crippen LogP) is 2.12. The van der Waals surface area contributed by atoms with Crippen molar-refractivity contribution < 1.29 is 14.4 Å². The van der Waals surface area contributed by atoms with E-state index in [-0.39, 0.29) is 24.9 Å². The smallest absolute Gasteiger partial charge is 0.224 e. The van der Waals surface area contributed by atoms with Crippen molar-refractivity contribution in [2.45, 2.75) is 32.6 Å². The van der Waals surface area contributed by atoms with Gasteiger partial charge in [-0.2, -0.15) is 0 Å². The van der Waals surface area contributed by atoms with Crippen LogP contribution in [0.25, 0.3) is 0 Å². The van der Waals surface area contributed by atoms with E-state index in [9.17, 15) is 9.90 Å². The molecule has 0 saturated heterocycles. The fourth-order valence-electron chi connectivity index (χ4n) is 2.48. The van der Waals surface area contributed by atoms with Crippen LogP contribution in [0.2, 0.25) is 0 Å². The third-order valence-corrected chi connectivity index (χ3v) is 3.81. The highest BCUT2D eigenvalue weighted by Crippen LogP contribution is 2.18. The summed E-state index contributed by atoms with van der Waals surface area (Å²) >= 11 is 0. The van der Waals surface area contributed by atoms with Crippen LogP contribution < -0.4 is 5.32 Å². The summed E-state index contributed by atoms with van der Waals surface area (Å²) in [5.41, 5.74) is 2.72. The quantitative estimate of drug-likeness (QED) is 0.821. The SMILES string of the molecule is Cc1noc(C)c1CC(=O)NCC(CCO)c1ccccc1. The first kappa shape index (κ1) is 16.2. The van der Waals surface area contributed by atoms with E-state index < -0.39 is 0 Å². The van der Waals surface area contributed by atoms with Gasteiger partial charge in [-0.15, -0.1) is 0 Å². The standard InChI is InChI=1S/C17H22N2O3/c1-12-16(13(2)22-19-12)10-17(21)18-11-15(8-9-20)14-6-4-3-5-7-14/h3-7,15,20H,8-11H2,1-2H3,(H,18,21). The van der Waals surface area contributed by atoms with Crippen LogP contribution in [0.4, 0.5) is 0 Å². The molecule has 2 rings (SSSR count). The van der Waals surface area contributed by atoms with Gasteiger partial charge in [-0.1, -0.05) is 35.5 Å². The van der Waals surface area contributed by atoms with E-state index in [1.54, 1.807) is 6.92 Å². The summed E-state index contributed by atoms with van der Waals surface area (Å²) in [6, 6.07) is 9.91. The number of aryl methyl sites for hydroxylation is 2. The van der Waals surface area contributed by atoms with Gasteiger partial charge in [-0.3, -0.25) is 4.79 Å². The third-order valence-electron chi connectivity index (χ3n) is 3.81. The molecule has 0 saturated carbocycles. The van der Waals surface area contributed by atoms with Crippen LogP contribution in [0.3, 0.4) is 0 Å². The number of aromatic nitrogens is 1. The van der Waals surface area contributed by atoms with Crippen molar-refractivity contribution in [1.82, 2.24) is 10.5 Å².